The van der Waals surface area contributed by atoms with Gasteiger partial charge in [0.1, 0.15) is 12.2 Å². The van der Waals surface area contributed by atoms with Crippen molar-refractivity contribution in [1.29, 1.82) is 0 Å². The van der Waals surface area contributed by atoms with Crippen molar-refractivity contribution >= 4 is 11.4 Å². The Hall–Kier alpha value is -2.08. The summed E-state index contributed by atoms with van der Waals surface area (Å²) in [5.41, 5.74) is 7.88. The fourth-order valence-corrected chi connectivity index (χ4v) is 2.55. The summed E-state index contributed by atoms with van der Waals surface area (Å²) in [7, 11) is 1.94. The molecule has 3 rings (SSSR count). The number of rotatable bonds is 3. The Morgan fingerprint density at radius 1 is 1.20 bits per heavy atom. The second-order valence-electron chi connectivity index (χ2n) is 5.16. The van der Waals surface area contributed by atoms with Gasteiger partial charge in [-0.2, -0.15) is 5.10 Å². The van der Waals surface area contributed by atoms with Crippen LogP contribution in [0.1, 0.15) is 5.82 Å². The Balaban J connectivity index is 1.58. The highest BCUT2D eigenvalue weighted by molar-refractivity contribution is 5.56. The summed E-state index contributed by atoms with van der Waals surface area (Å²) in [6.07, 6.45) is 1.61. The van der Waals surface area contributed by atoms with E-state index in [0.717, 1.165) is 44.2 Å². The summed E-state index contributed by atoms with van der Waals surface area (Å²) >= 11 is 0. The van der Waals surface area contributed by atoms with Crippen LogP contribution in [-0.2, 0) is 13.6 Å². The third kappa shape index (κ3) is 2.75. The molecule has 1 aliphatic heterocycles. The molecule has 0 radical (unpaired) electrons. The number of hydrogen-bond acceptors (Lipinski definition) is 5. The lowest BCUT2D eigenvalue weighted by Crippen LogP contribution is -2.46. The minimum absolute atomic E-state index is 0.823. The van der Waals surface area contributed by atoms with Gasteiger partial charge in [-0.25, -0.2) is 4.98 Å². The third-order valence-corrected chi connectivity index (χ3v) is 3.78. The Morgan fingerprint density at radius 2 is 2.00 bits per heavy atom. The van der Waals surface area contributed by atoms with E-state index in [1.807, 2.05) is 29.9 Å². The van der Waals surface area contributed by atoms with Gasteiger partial charge >= 0.3 is 0 Å². The fraction of sp³-hybridized carbons (Fsp3) is 0.429. The van der Waals surface area contributed by atoms with E-state index in [1.165, 1.54) is 5.69 Å². The highest BCUT2D eigenvalue weighted by Gasteiger charge is 2.18. The molecule has 1 saturated heterocycles. The topological polar surface area (TPSA) is 63.2 Å². The van der Waals surface area contributed by atoms with Gasteiger partial charge in [0.2, 0.25) is 0 Å². The first kappa shape index (κ1) is 12.9. The van der Waals surface area contributed by atoms with Crippen molar-refractivity contribution in [2.45, 2.75) is 6.54 Å². The van der Waals surface area contributed by atoms with Crippen molar-refractivity contribution in [3.63, 3.8) is 0 Å². The highest BCUT2D eigenvalue weighted by Crippen LogP contribution is 2.19. The molecule has 6 nitrogen and oxygen atoms in total. The Morgan fingerprint density at radius 3 is 2.65 bits per heavy atom. The molecule has 1 aromatic heterocycles. The summed E-state index contributed by atoms with van der Waals surface area (Å²) in [4.78, 5) is 9.07. The predicted molar refractivity (Wildman–Crippen MR) is 79.3 cm³/mol. The number of aromatic nitrogens is 3. The lowest BCUT2D eigenvalue weighted by Gasteiger charge is -2.35. The van der Waals surface area contributed by atoms with Crippen LogP contribution in [0.25, 0.3) is 0 Å². The van der Waals surface area contributed by atoms with Crippen LogP contribution in [0.3, 0.4) is 0 Å². The number of aryl methyl sites for hydroxylation is 1. The summed E-state index contributed by atoms with van der Waals surface area (Å²) in [5, 5.41) is 4.11. The van der Waals surface area contributed by atoms with Crippen LogP contribution in [-0.4, -0.2) is 45.8 Å². The molecular weight excluding hydrogens is 252 g/mol. The maximum absolute atomic E-state index is 5.84. The smallest absolute Gasteiger partial charge is 0.140 e. The molecule has 2 aromatic rings. The average molecular weight is 272 g/mol. The maximum atomic E-state index is 5.84. The van der Waals surface area contributed by atoms with Crippen molar-refractivity contribution in [2.24, 2.45) is 7.05 Å². The number of benzene rings is 1. The van der Waals surface area contributed by atoms with Crippen molar-refractivity contribution in [2.75, 3.05) is 36.8 Å². The SMILES string of the molecule is Cn1ncnc1CN1CCN(c2cccc(N)c2)CC1. The predicted octanol–water partition coefficient (Wildman–Crippen LogP) is 0.719. The Bertz CT molecular complexity index is 571. The van der Waals surface area contributed by atoms with Gasteiger partial charge in [-0.05, 0) is 18.2 Å². The van der Waals surface area contributed by atoms with E-state index >= 15 is 0 Å². The maximum Gasteiger partial charge on any atom is 0.140 e. The second kappa shape index (κ2) is 5.50. The average Bonchev–Trinajstić information content (AvgIpc) is 2.85. The zero-order chi connectivity index (χ0) is 13.9. The van der Waals surface area contributed by atoms with E-state index in [9.17, 15) is 0 Å². The van der Waals surface area contributed by atoms with Gasteiger partial charge in [0.25, 0.3) is 0 Å². The van der Waals surface area contributed by atoms with Gasteiger partial charge in [-0.15, -0.1) is 0 Å². The van der Waals surface area contributed by atoms with Crippen LogP contribution in [0.5, 0.6) is 0 Å². The molecule has 2 heterocycles. The normalized spacial score (nSPS) is 16.6. The van der Waals surface area contributed by atoms with Crippen LogP contribution in [0.2, 0.25) is 0 Å². The van der Waals surface area contributed by atoms with Gasteiger partial charge in [0, 0.05) is 44.6 Å². The molecule has 0 aliphatic carbocycles. The largest absolute Gasteiger partial charge is 0.399 e. The van der Waals surface area contributed by atoms with E-state index in [2.05, 4.69) is 25.9 Å². The van der Waals surface area contributed by atoms with E-state index in [4.69, 9.17) is 5.73 Å². The summed E-state index contributed by atoms with van der Waals surface area (Å²) in [5.74, 6) is 1.02. The molecule has 2 N–H and O–H groups in total. The number of nitrogen functional groups attached to an aromatic ring is 1. The first-order chi connectivity index (χ1) is 9.72. The molecule has 1 aromatic carbocycles. The van der Waals surface area contributed by atoms with E-state index < -0.39 is 0 Å². The first-order valence-electron chi connectivity index (χ1n) is 6.88. The summed E-state index contributed by atoms with van der Waals surface area (Å²) < 4.78 is 1.84. The highest BCUT2D eigenvalue weighted by atomic mass is 15.3. The fourth-order valence-electron chi connectivity index (χ4n) is 2.55. The lowest BCUT2D eigenvalue weighted by molar-refractivity contribution is 0.241. The van der Waals surface area contributed by atoms with Crippen LogP contribution in [0, 0.1) is 0 Å². The van der Waals surface area contributed by atoms with Crippen LogP contribution in [0.15, 0.2) is 30.6 Å². The third-order valence-electron chi connectivity index (χ3n) is 3.78. The van der Waals surface area contributed by atoms with E-state index in [1.54, 1.807) is 6.33 Å². The van der Waals surface area contributed by atoms with Crippen LogP contribution >= 0.6 is 0 Å². The minimum atomic E-state index is 0.823. The molecule has 0 saturated carbocycles. The molecule has 0 bridgehead atoms. The molecule has 6 heteroatoms. The van der Waals surface area contributed by atoms with Gasteiger partial charge in [-0.1, -0.05) is 6.07 Å². The van der Waals surface area contributed by atoms with Crippen molar-refractivity contribution in [1.82, 2.24) is 19.7 Å². The van der Waals surface area contributed by atoms with Gasteiger partial charge < -0.3 is 10.6 Å². The summed E-state index contributed by atoms with van der Waals surface area (Å²) in [6.45, 7) is 4.95. The van der Waals surface area contributed by atoms with Crippen molar-refractivity contribution < 1.29 is 0 Å². The zero-order valence-electron chi connectivity index (χ0n) is 11.7. The van der Waals surface area contributed by atoms with E-state index in [0.29, 0.717) is 0 Å². The monoisotopic (exact) mass is 272 g/mol. The summed E-state index contributed by atoms with van der Waals surface area (Å²) in [6, 6.07) is 8.09. The van der Waals surface area contributed by atoms with Crippen molar-refractivity contribution in [3.8, 4) is 0 Å². The molecule has 0 unspecified atom stereocenters. The number of hydrogen-bond donors (Lipinski definition) is 1. The molecule has 20 heavy (non-hydrogen) atoms. The standard InChI is InChI=1S/C14H20N6/c1-18-14(16-11-17-18)10-19-5-7-20(8-6-19)13-4-2-3-12(15)9-13/h2-4,9,11H,5-8,10,15H2,1H3. The molecule has 1 aliphatic rings. The quantitative estimate of drug-likeness (QED) is 0.834. The van der Waals surface area contributed by atoms with Crippen molar-refractivity contribution in [3.05, 3.63) is 36.4 Å². The lowest BCUT2D eigenvalue weighted by atomic mass is 10.2. The second-order valence-corrected chi connectivity index (χ2v) is 5.16. The van der Waals surface area contributed by atoms with Gasteiger partial charge in [0.15, 0.2) is 0 Å². The molecule has 106 valence electrons. The van der Waals surface area contributed by atoms with E-state index in [-0.39, 0.29) is 0 Å². The molecule has 1 fully saturated rings. The molecule has 0 spiro atoms. The number of anilines is 2. The number of piperazine rings is 1. The van der Waals surface area contributed by atoms with Crippen LogP contribution in [0.4, 0.5) is 11.4 Å². The molecule has 0 amide bonds. The number of nitrogens with two attached hydrogens (primary N) is 1. The number of nitrogens with zero attached hydrogens (tertiary/aromatic N) is 5. The van der Waals surface area contributed by atoms with Crippen LogP contribution < -0.4 is 10.6 Å². The first-order valence-corrected chi connectivity index (χ1v) is 6.88. The van der Waals surface area contributed by atoms with Gasteiger partial charge in [0.05, 0.1) is 6.54 Å². The minimum Gasteiger partial charge on any atom is -0.399 e. The molecular formula is C14H20N6. The Labute approximate surface area is 118 Å². The van der Waals surface area contributed by atoms with Gasteiger partial charge in [-0.3, -0.25) is 9.58 Å². The Kier molecular flexibility index (Phi) is 3.56. The zero-order valence-corrected chi connectivity index (χ0v) is 11.7. The molecule has 0 atom stereocenters.